The molecule has 0 saturated carbocycles. The van der Waals surface area contributed by atoms with Crippen molar-refractivity contribution in [3.05, 3.63) is 170 Å². The number of anilines is 3. The molecular formula is C43H28N2O. The van der Waals surface area contributed by atoms with Gasteiger partial charge in [-0.2, -0.15) is 0 Å². The zero-order valence-corrected chi connectivity index (χ0v) is 25.0. The maximum Gasteiger partial charge on any atom is 0.137 e. The molecule has 0 radical (unpaired) electrons. The van der Waals surface area contributed by atoms with Gasteiger partial charge in [0.1, 0.15) is 11.2 Å². The summed E-state index contributed by atoms with van der Waals surface area (Å²) >= 11 is 0. The summed E-state index contributed by atoms with van der Waals surface area (Å²) in [6.45, 7) is 0. The lowest BCUT2D eigenvalue weighted by Crippen LogP contribution is -2.10. The summed E-state index contributed by atoms with van der Waals surface area (Å²) in [6, 6.07) is 57.9. The van der Waals surface area contributed by atoms with Crippen molar-refractivity contribution in [2.75, 3.05) is 4.90 Å². The molecule has 0 N–H and O–H groups in total. The molecule has 7 aromatic carbocycles. The Balaban J connectivity index is 1.28. The highest BCUT2D eigenvalue weighted by Crippen LogP contribution is 2.44. The van der Waals surface area contributed by atoms with E-state index in [2.05, 4.69) is 168 Å². The lowest BCUT2D eigenvalue weighted by Gasteiger charge is -2.27. The average molecular weight is 589 g/mol. The minimum Gasteiger partial charge on any atom is -0.456 e. The number of pyridine rings is 1. The Labute approximate surface area is 266 Å². The average Bonchev–Trinajstić information content (AvgIpc) is 3.49. The maximum atomic E-state index is 6.49. The molecular weight excluding hydrogens is 560 g/mol. The van der Waals surface area contributed by atoms with Crippen LogP contribution in [0.4, 0.5) is 17.1 Å². The molecule has 0 amide bonds. The number of rotatable bonds is 5. The maximum absolute atomic E-state index is 6.49. The van der Waals surface area contributed by atoms with E-state index < -0.39 is 0 Å². The molecule has 0 aliphatic rings. The molecule has 0 saturated heterocycles. The lowest BCUT2D eigenvalue weighted by atomic mass is 9.97. The van der Waals surface area contributed by atoms with Crippen LogP contribution in [-0.2, 0) is 0 Å². The predicted molar refractivity (Wildman–Crippen MR) is 192 cm³/mol. The molecule has 216 valence electrons. The van der Waals surface area contributed by atoms with Gasteiger partial charge in [0, 0.05) is 28.3 Å². The van der Waals surface area contributed by atoms with Gasteiger partial charge in [-0.1, -0.05) is 109 Å². The van der Waals surface area contributed by atoms with Crippen LogP contribution in [0.5, 0.6) is 0 Å². The van der Waals surface area contributed by atoms with Crippen molar-refractivity contribution in [3.63, 3.8) is 0 Å². The Hall–Kier alpha value is -6.19. The third-order valence-corrected chi connectivity index (χ3v) is 8.88. The number of aromatic nitrogens is 1. The van der Waals surface area contributed by atoms with Crippen LogP contribution in [-0.4, -0.2) is 4.98 Å². The first-order valence-electron chi connectivity index (χ1n) is 15.5. The van der Waals surface area contributed by atoms with Gasteiger partial charge < -0.3 is 9.32 Å². The van der Waals surface area contributed by atoms with E-state index in [0.717, 1.165) is 49.9 Å². The van der Waals surface area contributed by atoms with Crippen LogP contribution in [0.1, 0.15) is 0 Å². The fourth-order valence-corrected chi connectivity index (χ4v) is 6.71. The van der Waals surface area contributed by atoms with Gasteiger partial charge in [-0.05, 0) is 87.6 Å². The van der Waals surface area contributed by atoms with Crippen molar-refractivity contribution in [2.45, 2.75) is 0 Å². The summed E-state index contributed by atoms with van der Waals surface area (Å²) in [5.41, 5.74) is 10.6. The Morgan fingerprint density at radius 3 is 2.11 bits per heavy atom. The number of benzene rings is 7. The fourth-order valence-electron chi connectivity index (χ4n) is 6.71. The van der Waals surface area contributed by atoms with Gasteiger partial charge in [-0.15, -0.1) is 0 Å². The highest BCUT2D eigenvalue weighted by molar-refractivity contribution is 6.16. The summed E-state index contributed by atoms with van der Waals surface area (Å²) in [7, 11) is 0. The Morgan fingerprint density at radius 1 is 0.457 bits per heavy atom. The Morgan fingerprint density at radius 2 is 1.20 bits per heavy atom. The lowest BCUT2D eigenvalue weighted by molar-refractivity contribution is 0.669. The van der Waals surface area contributed by atoms with E-state index in [9.17, 15) is 0 Å². The van der Waals surface area contributed by atoms with Crippen LogP contribution in [0.15, 0.2) is 174 Å². The van der Waals surface area contributed by atoms with Crippen LogP contribution in [0.3, 0.4) is 0 Å². The Kier molecular flexibility index (Phi) is 6.14. The molecule has 3 heteroatoms. The van der Waals surface area contributed by atoms with Crippen molar-refractivity contribution in [1.82, 2.24) is 4.98 Å². The monoisotopic (exact) mass is 588 g/mol. The van der Waals surface area contributed by atoms with Crippen molar-refractivity contribution in [2.24, 2.45) is 0 Å². The molecule has 0 unspecified atom stereocenters. The molecule has 9 aromatic rings. The van der Waals surface area contributed by atoms with Crippen molar-refractivity contribution in [3.8, 4) is 22.3 Å². The minimum absolute atomic E-state index is 0.846. The zero-order valence-electron chi connectivity index (χ0n) is 25.0. The first-order valence-corrected chi connectivity index (χ1v) is 15.5. The number of nitrogens with zero attached hydrogens (tertiary/aromatic N) is 2. The second-order valence-corrected chi connectivity index (χ2v) is 11.6. The number of hydrogen-bond acceptors (Lipinski definition) is 3. The summed E-state index contributed by atoms with van der Waals surface area (Å²) in [5.74, 6) is 0. The highest BCUT2D eigenvalue weighted by Gasteiger charge is 2.20. The molecule has 2 heterocycles. The highest BCUT2D eigenvalue weighted by atomic mass is 16.3. The van der Waals surface area contributed by atoms with Crippen LogP contribution in [0, 0.1) is 0 Å². The van der Waals surface area contributed by atoms with Gasteiger partial charge in [0.15, 0.2) is 0 Å². The van der Waals surface area contributed by atoms with Gasteiger partial charge in [-0.25, -0.2) is 0 Å². The standard InChI is InChI=1S/C43H28N2O/c1-2-10-29(11-3-1)30-21-23-34(24-22-30)45(35-16-6-14-32(26-35)37-18-7-13-31-12-4-5-17-36(31)37)40-19-8-20-41-43(40)38-28-39-33(15-9-25-44-39)27-42(38)46-41/h1-28H. The third kappa shape index (κ3) is 4.41. The van der Waals surface area contributed by atoms with E-state index >= 15 is 0 Å². The second kappa shape index (κ2) is 10.8. The topological polar surface area (TPSA) is 29.3 Å². The van der Waals surface area contributed by atoms with Gasteiger partial charge in [-0.3, -0.25) is 4.98 Å². The van der Waals surface area contributed by atoms with E-state index in [1.165, 1.54) is 33.0 Å². The van der Waals surface area contributed by atoms with E-state index in [1.807, 2.05) is 12.3 Å². The fraction of sp³-hybridized carbons (Fsp3) is 0. The normalized spacial score (nSPS) is 11.5. The largest absolute Gasteiger partial charge is 0.456 e. The van der Waals surface area contributed by atoms with Crippen molar-refractivity contribution < 1.29 is 4.42 Å². The van der Waals surface area contributed by atoms with E-state index in [4.69, 9.17) is 4.42 Å². The van der Waals surface area contributed by atoms with E-state index in [1.54, 1.807) is 0 Å². The summed E-state index contributed by atoms with van der Waals surface area (Å²) < 4.78 is 6.49. The molecule has 9 rings (SSSR count). The number of hydrogen-bond donors (Lipinski definition) is 0. The molecule has 0 fully saturated rings. The summed E-state index contributed by atoms with van der Waals surface area (Å²) in [6.07, 6.45) is 1.84. The quantitative estimate of drug-likeness (QED) is 0.200. The second-order valence-electron chi connectivity index (χ2n) is 11.6. The molecule has 2 aromatic heterocycles. The first-order chi connectivity index (χ1) is 22.8. The smallest absolute Gasteiger partial charge is 0.137 e. The van der Waals surface area contributed by atoms with E-state index in [0.29, 0.717) is 0 Å². The molecule has 0 aliphatic carbocycles. The van der Waals surface area contributed by atoms with Crippen LogP contribution in [0.2, 0.25) is 0 Å². The summed E-state index contributed by atoms with van der Waals surface area (Å²) in [4.78, 5) is 7.01. The van der Waals surface area contributed by atoms with Crippen molar-refractivity contribution in [1.29, 1.82) is 0 Å². The van der Waals surface area contributed by atoms with Gasteiger partial charge >= 0.3 is 0 Å². The third-order valence-electron chi connectivity index (χ3n) is 8.88. The number of fused-ring (bicyclic) bond motifs is 5. The van der Waals surface area contributed by atoms with Crippen LogP contribution >= 0.6 is 0 Å². The minimum atomic E-state index is 0.846. The SMILES string of the molecule is c1ccc(-c2ccc(N(c3cccc(-c4cccc5ccccc45)c3)c3cccc4oc5cc6cccnc6cc5c34)cc2)cc1. The molecule has 0 spiro atoms. The van der Waals surface area contributed by atoms with Crippen LogP contribution in [0.25, 0.3) is 65.9 Å². The zero-order chi connectivity index (χ0) is 30.5. The predicted octanol–water partition coefficient (Wildman–Crippen LogP) is 12.1. The molecule has 0 atom stereocenters. The van der Waals surface area contributed by atoms with Crippen molar-refractivity contribution >= 4 is 60.7 Å². The van der Waals surface area contributed by atoms with Crippen LogP contribution < -0.4 is 4.90 Å². The molecule has 46 heavy (non-hydrogen) atoms. The van der Waals surface area contributed by atoms with Gasteiger partial charge in [0.25, 0.3) is 0 Å². The molecule has 3 nitrogen and oxygen atoms in total. The van der Waals surface area contributed by atoms with E-state index in [-0.39, 0.29) is 0 Å². The van der Waals surface area contributed by atoms with Gasteiger partial charge in [0.05, 0.1) is 16.6 Å². The van der Waals surface area contributed by atoms with Gasteiger partial charge in [0.2, 0.25) is 0 Å². The Bertz CT molecular complexity index is 2530. The molecule has 0 bridgehead atoms. The molecule has 0 aliphatic heterocycles. The summed E-state index contributed by atoms with van der Waals surface area (Å²) in [5, 5.41) is 5.64. The number of furan rings is 1. The first kappa shape index (κ1) is 26.2.